The Labute approximate surface area is 72.5 Å². The molecule has 71 valence electrons. The van der Waals surface area contributed by atoms with Gasteiger partial charge in [-0.05, 0) is 6.42 Å². The normalized spacial score (nSPS) is 12.6. The average Bonchev–Trinajstić information content (AvgIpc) is 2.11. The van der Waals surface area contributed by atoms with Crippen molar-refractivity contribution in [3.8, 4) is 0 Å². The maximum atomic E-state index is 10.7. The van der Waals surface area contributed by atoms with Crippen molar-refractivity contribution in [1.29, 1.82) is 0 Å². The largest absolute Gasteiger partial charge is 0.469 e. The number of rotatable bonds is 6. The van der Waals surface area contributed by atoms with E-state index in [4.69, 9.17) is 4.74 Å². The number of methoxy groups -OCH3 is 2. The molecule has 4 nitrogen and oxygen atoms in total. The van der Waals surface area contributed by atoms with Crippen molar-refractivity contribution in [2.24, 2.45) is 0 Å². The summed E-state index contributed by atoms with van der Waals surface area (Å²) in [5.74, 6) is -0.261. The molecule has 0 aliphatic carbocycles. The van der Waals surface area contributed by atoms with Gasteiger partial charge in [0.2, 0.25) is 0 Å². The molecule has 0 amide bonds. The summed E-state index contributed by atoms with van der Waals surface area (Å²) >= 11 is 0. The van der Waals surface area contributed by atoms with Crippen LogP contribution in [0.25, 0.3) is 0 Å². The highest BCUT2D eigenvalue weighted by molar-refractivity contribution is 5.69. The topological polar surface area (TPSA) is 55.4 Å². The van der Waals surface area contributed by atoms with Gasteiger partial charge in [-0.3, -0.25) is 4.79 Å². The van der Waals surface area contributed by atoms with E-state index in [0.29, 0.717) is 19.3 Å². The lowest BCUT2D eigenvalue weighted by Gasteiger charge is -2.11. The first-order chi connectivity index (χ1) is 5.74. The summed E-state index contributed by atoms with van der Waals surface area (Å²) in [6.45, 7) is -0.167. The van der Waals surface area contributed by atoms with Crippen molar-refractivity contribution in [3.05, 3.63) is 0 Å². The van der Waals surface area contributed by atoms with Crippen LogP contribution in [-0.4, -0.2) is 32.9 Å². The van der Waals surface area contributed by atoms with E-state index in [1.807, 2.05) is 0 Å². The number of carbonyl (C=O) groups excluding carboxylic acids is 1. The zero-order valence-corrected chi connectivity index (χ0v) is 7.54. The van der Waals surface area contributed by atoms with Crippen LogP contribution < -0.4 is 0 Å². The molecule has 4 heteroatoms. The van der Waals surface area contributed by atoms with Crippen molar-refractivity contribution < 1.29 is 19.4 Å². The van der Waals surface area contributed by atoms with Crippen LogP contribution in [0.3, 0.4) is 0 Å². The minimum absolute atomic E-state index is 0.110. The van der Waals surface area contributed by atoms with Crippen LogP contribution in [0.4, 0.5) is 0 Å². The fourth-order valence-corrected chi connectivity index (χ4v) is 0.892. The van der Waals surface area contributed by atoms with Crippen molar-refractivity contribution in [1.82, 2.24) is 0 Å². The van der Waals surface area contributed by atoms with Crippen LogP contribution in [0.5, 0.6) is 0 Å². The Kier molecular flexibility index (Phi) is 6.70. The van der Waals surface area contributed by atoms with E-state index in [0.717, 1.165) is 0 Å². The first-order valence-corrected chi connectivity index (χ1v) is 3.92. The van der Waals surface area contributed by atoms with E-state index in [2.05, 4.69) is 4.74 Å². The molecule has 12 heavy (non-hydrogen) atoms. The summed E-state index contributed by atoms with van der Waals surface area (Å²) in [5.41, 5.74) is 0. The van der Waals surface area contributed by atoms with Gasteiger partial charge in [0.1, 0.15) is 0 Å². The summed E-state index contributed by atoms with van der Waals surface area (Å²) in [7, 11) is 2.88. The second kappa shape index (κ2) is 7.06. The monoisotopic (exact) mass is 175 g/mol. The molecular weight excluding hydrogens is 160 g/mol. The van der Waals surface area contributed by atoms with Gasteiger partial charge in [0.05, 0.1) is 19.8 Å². The Morgan fingerprint density at radius 2 is 2.00 bits per heavy atom. The van der Waals surface area contributed by atoms with Gasteiger partial charge in [-0.25, -0.2) is 5.11 Å². The molecule has 0 heterocycles. The molecule has 0 spiro atoms. The molecule has 0 bridgehead atoms. The Hall–Kier alpha value is -0.610. The third-order valence-electron chi connectivity index (χ3n) is 1.67. The Morgan fingerprint density at radius 1 is 1.33 bits per heavy atom. The van der Waals surface area contributed by atoms with Crippen molar-refractivity contribution in [3.63, 3.8) is 0 Å². The highest BCUT2D eigenvalue weighted by Crippen LogP contribution is 2.05. The van der Waals surface area contributed by atoms with Crippen LogP contribution in [0.1, 0.15) is 19.3 Å². The van der Waals surface area contributed by atoms with E-state index in [9.17, 15) is 9.90 Å². The first kappa shape index (κ1) is 11.4. The van der Waals surface area contributed by atoms with Gasteiger partial charge in [0.15, 0.2) is 0 Å². The molecule has 0 aromatic heterocycles. The van der Waals surface area contributed by atoms with Crippen LogP contribution in [-0.2, 0) is 19.4 Å². The fraction of sp³-hybridized carbons (Fsp3) is 0.875. The fourth-order valence-electron chi connectivity index (χ4n) is 0.892. The third kappa shape index (κ3) is 5.09. The van der Waals surface area contributed by atoms with E-state index in [1.165, 1.54) is 14.2 Å². The molecule has 0 rings (SSSR count). The minimum atomic E-state index is -0.261. The van der Waals surface area contributed by atoms with Gasteiger partial charge in [-0.1, -0.05) is 0 Å². The minimum Gasteiger partial charge on any atom is -0.469 e. The van der Waals surface area contributed by atoms with E-state index >= 15 is 0 Å². The number of hydrogen-bond acceptors (Lipinski definition) is 3. The average molecular weight is 175 g/mol. The molecule has 0 saturated carbocycles. The molecule has 1 radical (unpaired) electrons. The van der Waals surface area contributed by atoms with E-state index in [1.54, 1.807) is 0 Å². The zero-order valence-electron chi connectivity index (χ0n) is 7.54. The molecule has 0 N–H and O–H groups in total. The Balaban J connectivity index is 3.50. The van der Waals surface area contributed by atoms with Crippen LogP contribution in [0, 0.1) is 0 Å². The third-order valence-corrected chi connectivity index (χ3v) is 1.67. The molecule has 0 aliphatic rings. The molecule has 0 aliphatic heterocycles. The first-order valence-electron chi connectivity index (χ1n) is 3.92. The van der Waals surface area contributed by atoms with Gasteiger partial charge < -0.3 is 9.47 Å². The maximum Gasteiger partial charge on any atom is 0.305 e. The molecule has 1 unspecified atom stereocenters. The number of ether oxygens (including phenoxy) is 2. The Morgan fingerprint density at radius 3 is 2.42 bits per heavy atom. The summed E-state index contributed by atoms with van der Waals surface area (Å²) in [5, 5.41) is 10.2. The highest BCUT2D eigenvalue weighted by atomic mass is 16.5. The number of hydrogen-bond donors (Lipinski definition) is 0. The molecule has 0 saturated heterocycles. The van der Waals surface area contributed by atoms with E-state index in [-0.39, 0.29) is 18.7 Å². The van der Waals surface area contributed by atoms with Crippen molar-refractivity contribution >= 4 is 5.97 Å². The SMILES string of the molecule is COC(=O)CCC(CC[O])OC. The molecule has 0 aromatic carbocycles. The van der Waals surface area contributed by atoms with Gasteiger partial charge >= 0.3 is 5.97 Å². The summed E-state index contributed by atoms with van der Waals surface area (Å²) in [6, 6.07) is 0. The second-order valence-electron chi connectivity index (χ2n) is 2.47. The quantitative estimate of drug-likeness (QED) is 0.560. The van der Waals surface area contributed by atoms with Gasteiger partial charge in [-0.2, -0.15) is 0 Å². The Bertz CT molecular complexity index is 124. The van der Waals surface area contributed by atoms with Crippen LogP contribution in [0.2, 0.25) is 0 Å². The molecule has 0 aromatic rings. The summed E-state index contributed by atoms with van der Waals surface area (Å²) in [4.78, 5) is 10.7. The lowest BCUT2D eigenvalue weighted by Crippen LogP contribution is -2.14. The van der Waals surface area contributed by atoms with Crippen molar-refractivity contribution in [2.45, 2.75) is 25.4 Å². The zero-order chi connectivity index (χ0) is 9.40. The summed E-state index contributed by atoms with van der Waals surface area (Å²) < 4.78 is 9.43. The molecule has 0 fully saturated rings. The van der Waals surface area contributed by atoms with Crippen molar-refractivity contribution in [2.75, 3.05) is 20.8 Å². The predicted molar refractivity (Wildman–Crippen MR) is 42.2 cm³/mol. The lowest BCUT2D eigenvalue weighted by molar-refractivity contribution is -0.141. The number of esters is 1. The van der Waals surface area contributed by atoms with E-state index < -0.39 is 0 Å². The molecular formula is C8H15O4. The summed E-state index contributed by atoms with van der Waals surface area (Å²) in [6.07, 6.45) is 1.22. The van der Waals surface area contributed by atoms with Gasteiger partial charge in [0, 0.05) is 20.0 Å². The van der Waals surface area contributed by atoms with Gasteiger partial charge in [0.25, 0.3) is 0 Å². The van der Waals surface area contributed by atoms with Crippen LogP contribution in [0.15, 0.2) is 0 Å². The predicted octanol–water partition coefficient (Wildman–Crippen LogP) is 0.775. The lowest BCUT2D eigenvalue weighted by atomic mass is 10.1. The second-order valence-corrected chi connectivity index (χ2v) is 2.47. The smallest absolute Gasteiger partial charge is 0.305 e. The van der Waals surface area contributed by atoms with Crippen LogP contribution >= 0.6 is 0 Å². The standard InChI is InChI=1S/C8H15O4/c1-11-7(5-6-9)3-4-8(10)12-2/h7H,3-6H2,1-2H3. The molecule has 1 atom stereocenters. The number of carbonyl (C=O) groups is 1. The highest BCUT2D eigenvalue weighted by Gasteiger charge is 2.09. The van der Waals surface area contributed by atoms with Gasteiger partial charge in [-0.15, -0.1) is 0 Å². The maximum absolute atomic E-state index is 10.7.